The van der Waals surface area contributed by atoms with Gasteiger partial charge in [0.2, 0.25) is 0 Å². The molecule has 1 aromatic heterocycles. The fourth-order valence-corrected chi connectivity index (χ4v) is 2.62. The number of halogens is 2. The molecule has 3 rings (SSSR count). The van der Waals surface area contributed by atoms with Crippen molar-refractivity contribution in [1.82, 2.24) is 9.97 Å². The summed E-state index contributed by atoms with van der Waals surface area (Å²) in [6.07, 6.45) is 2.22. The lowest BCUT2D eigenvalue weighted by Crippen LogP contribution is -2.31. The Labute approximate surface area is 139 Å². The first-order chi connectivity index (χ1) is 10.4. The van der Waals surface area contributed by atoms with Crippen LogP contribution in [-0.4, -0.2) is 21.6 Å². The maximum atomic E-state index is 10.6. The lowest BCUT2D eigenvalue weighted by molar-refractivity contribution is 0.0714. The van der Waals surface area contributed by atoms with Gasteiger partial charge in [-0.3, -0.25) is 0 Å². The van der Waals surface area contributed by atoms with Crippen molar-refractivity contribution >= 4 is 29.0 Å². The third-order valence-electron chi connectivity index (χ3n) is 3.71. The highest BCUT2D eigenvalue weighted by Crippen LogP contribution is 2.38. The van der Waals surface area contributed by atoms with Crippen LogP contribution in [0.15, 0.2) is 30.3 Å². The molecule has 22 heavy (non-hydrogen) atoms. The van der Waals surface area contributed by atoms with Crippen molar-refractivity contribution in [3.8, 4) is 0 Å². The number of rotatable bonds is 5. The van der Waals surface area contributed by atoms with Gasteiger partial charge in [-0.25, -0.2) is 9.97 Å². The van der Waals surface area contributed by atoms with E-state index >= 15 is 0 Å². The van der Waals surface area contributed by atoms with Gasteiger partial charge in [0.05, 0.1) is 0 Å². The molecule has 116 valence electrons. The predicted molar refractivity (Wildman–Crippen MR) is 88.5 cm³/mol. The first-order valence-corrected chi connectivity index (χ1v) is 7.96. The molecule has 1 unspecified atom stereocenters. The zero-order valence-corrected chi connectivity index (χ0v) is 13.7. The first-order valence-electron chi connectivity index (χ1n) is 7.21. The van der Waals surface area contributed by atoms with E-state index in [4.69, 9.17) is 23.2 Å². The number of aromatic nitrogens is 2. The molecule has 0 aliphatic heterocycles. The number of hydrogen-bond acceptors (Lipinski definition) is 4. The monoisotopic (exact) mass is 337 g/mol. The lowest BCUT2D eigenvalue weighted by Gasteiger charge is -2.25. The average Bonchev–Trinajstić information content (AvgIpc) is 3.29. The Morgan fingerprint density at radius 3 is 2.73 bits per heavy atom. The Kier molecular flexibility index (Phi) is 4.26. The Morgan fingerprint density at radius 1 is 1.27 bits per heavy atom. The number of aliphatic hydroxyl groups is 1. The van der Waals surface area contributed by atoms with E-state index in [1.165, 1.54) is 0 Å². The predicted octanol–water partition coefficient (Wildman–Crippen LogP) is 3.98. The molecule has 1 atom stereocenters. The van der Waals surface area contributed by atoms with Crippen molar-refractivity contribution in [2.24, 2.45) is 0 Å². The minimum atomic E-state index is -1.07. The van der Waals surface area contributed by atoms with E-state index in [1.807, 2.05) is 12.1 Å². The van der Waals surface area contributed by atoms with Crippen molar-refractivity contribution in [3.63, 3.8) is 0 Å². The van der Waals surface area contributed by atoms with Crippen LogP contribution in [0.4, 0.5) is 5.82 Å². The second kappa shape index (κ2) is 6.03. The maximum absolute atomic E-state index is 10.6. The summed E-state index contributed by atoms with van der Waals surface area (Å²) in [6, 6.07) is 8.86. The number of anilines is 1. The summed E-state index contributed by atoms with van der Waals surface area (Å²) in [4.78, 5) is 8.71. The topological polar surface area (TPSA) is 58.0 Å². The fourth-order valence-electron chi connectivity index (χ4n) is 2.24. The number of benzene rings is 1. The summed E-state index contributed by atoms with van der Waals surface area (Å²) in [7, 11) is 0. The summed E-state index contributed by atoms with van der Waals surface area (Å²) in [5.74, 6) is 1.83. The Balaban J connectivity index is 1.73. The molecule has 0 bridgehead atoms. The van der Waals surface area contributed by atoms with Crippen molar-refractivity contribution in [1.29, 1.82) is 0 Å². The van der Waals surface area contributed by atoms with E-state index in [0.717, 1.165) is 24.2 Å². The second-order valence-electron chi connectivity index (χ2n) is 5.85. The minimum Gasteiger partial charge on any atom is -0.384 e. The summed E-state index contributed by atoms with van der Waals surface area (Å²) in [5.41, 5.74) is -0.322. The molecule has 1 aliphatic rings. The standard InChI is InChI=1S/C16H17Cl2N3O/c1-16(22,11-3-2-4-12(17)7-11)9-19-14-8-13(18)20-15(21-14)10-5-6-10/h2-4,7-8,10,22H,5-6,9H2,1H3,(H,19,20,21). The highest BCUT2D eigenvalue weighted by atomic mass is 35.5. The third-order valence-corrected chi connectivity index (χ3v) is 4.14. The van der Waals surface area contributed by atoms with E-state index in [9.17, 15) is 5.11 Å². The van der Waals surface area contributed by atoms with E-state index < -0.39 is 5.60 Å². The van der Waals surface area contributed by atoms with E-state index in [-0.39, 0.29) is 0 Å². The summed E-state index contributed by atoms with van der Waals surface area (Å²) in [5, 5.41) is 14.8. The first kappa shape index (κ1) is 15.5. The van der Waals surface area contributed by atoms with Crippen LogP contribution in [0, 0.1) is 0 Å². The van der Waals surface area contributed by atoms with Crippen LogP contribution >= 0.6 is 23.2 Å². The molecular weight excluding hydrogens is 321 g/mol. The molecule has 1 saturated carbocycles. The van der Waals surface area contributed by atoms with Crippen LogP contribution in [0.1, 0.15) is 37.1 Å². The molecule has 6 heteroatoms. The van der Waals surface area contributed by atoms with Gasteiger partial charge in [0.15, 0.2) is 0 Å². The van der Waals surface area contributed by atoms with Gasteiger partial charge in [-0.05, 0) is 37.5 Å². The van der Waals surface area contributed by atoms with Crippen molar-refractivity contribution in [3.05, 3.63) is 51.9 Å². The number of nitrogens with one attached hydrogen (secondary N) is 1. The van der Waals surface area contributed by atoms with Crippen LogP contribution in [-0.2, 0) is 5.60 Å². The highest BCUT2D eigenvalue weighted by molar-refractivity contribution is 6.30. The molecule has 1 aromatic carbocycles. The second-order valence-corrected chi connectivity index (χ2v) is 6.67. The SMILES string of the molecule is CC(O)(CNc1cc(Cl)nc(C2CC2)n1)c1cccc(Cl)c1. The molecule has 1 fully saturated rings. The molecule has 4 nitrogen and oxygen atoms in total. The Morgan fingerprint density at radius 2 is 2.05 bits per heavy atom. The smallest absolute Gasteiger partial charge is 0.135 e. The van der Waals surface area contributed by atoms with Gasteiger partial charge < -0.3 is 10.4 Å². The van der Waals surface area contributed by atoms with Crippen molar-refractivity contribution < 1.29 is 5.11 Å². The lowest BCUT2D eigenvalue weighted by atomic mass is 9.96. The van der Waals surface area contributed by atoms with E-state index in [2.05, 4.69) is 15.3 Å². The highest BCUT2D eigenvalue weighted by Gasteiger charge is 2.28. The van der Waals surface area contributed by atoms with Gasteiger partial charge in [-0.1, -0.05) is 35.3 Å². The minimum absolute atomic E-state index is 0.296. The third kappa shape index (κ3) is 3.69. The van der Waals surface area contributed by atoms with Crippen molar-refractivity contribution in [2.45, 2.75) is 31.3 Å². The zero-order chi connectivity index (χ0) is 15.7. The van der Waals surface area contributed by atoms with Crippen molar-refractivity contribution in [2.75, 3.05) is 11.9 Å². The molecule has 1 heterocycles. The molecular formula is C16H17Cl2N3O. The molecule has 0 amide bonds. The fraction of sp³-hybridized carbons (Fsp3) is 0.375. The van der Waals surface area contributed by atoms with Gasteiger partial charge in [0.25, 0.3) is 0 Å². The number of nitrogens with zero attached hydrogens (tertiary/aromatic N) is 2. The average molecular weight is 338 g/mol. The summed E-state index contributed by atoms with van der Waals surface area (Å²) in [6.45, 7) is 2.03. The van der Waals surface area contributed by atoms with Crippen LogP contribution in [0.5, 0.6) is 0 Å². The largest absolute Gasteiger partial charge is 0.384 e. The molecule has 0 saturated heterocycles. The van der Waals surface area contributed by atoms with Crippen LogP contribution in [0.3, 0.4) is 0 Å². The summed E-state index contributed by atoms with van der Waals surface area (Å²) < 4.78 is 0. The molecule has 0 spiro atoms. The Bertz CT molecular complexity index is 687. The molecule has 2 aromatic rings. The van der Waals surface area contributed by atoms with Gasteiger partial charge in [0.1, 0.15) is 22.4 Å². The zero-order valence-electron chi connectivity index (χ0n) is 12.2. The van der Waals surface area contributed by atoms with Gasteiger partial charge in [0, 0.05) is 23.6 Å². The molecule has 1 aliphatic carbocycles. The molecule has 0 radical (unpaired) electrons. The van der Waals surface area contributed by atoms with Crippen LogP contribution < -0.4 is 5.32 Å². The quantitative estimate of drug-likeness (QED) is 0.810. The normalized spacial score (nSPS) is 17.1. The summed E-state index contributed by atoms with van der Waals surface area (Å²) >= 11 is 12.0. The Hall–Kier alpha value is -1.36. The maximum Gasteiger partial charge on any atom is 0.135 e. The van der Waals surface area contributed by atoms with E-state index in [1.54, 1.807) is 25.1 Å². The molecule has 2 N–H and O–H groups in total. The number of hydrogen-bond donors (Lipinski definition) is 2. The van der Waals surface area contributed by atoms with Gasteiger partial charge in [-0.2, -0.15) is 0 Å². The van der Waals surface area contributed by atoms with E-state index in [0.29, 0.717) is 28.5 Å². The van der Waals surface area contributed by atoms with Crippen LogP contribution in [0.2, 0.25) is 10.2 Å². The van der Waals surface area contributed by atoms with Gasteiger partial charge >= 0.3 is 0 Å². The van der Waals surface area contributed by atoms with Gasteiger partial charge in [-0.15, -0.1) is 0 Å². The van der Waals surface area contributed by atoms with Crippen LogP contribution in [0.25, 0.3) is 0 Å².